The zero-order chi connectivity index (χ0) is 12.1. The van der Waals surface area contributed by atoms with E-state index in [9.17, 15) is 9.59 Å². The number of amides is 1. The molecule has 1 saturated heterocycles. The maximum absolute atomic E-state index is 11.5. The van der Waals surface area contributed by atoms with Gasteiger partial charge >= 0.3 is 5.97 Å². The second-order valence-electron chi connectivity index (χ2n) is 4.13. The van der Waals surface area contributed by atoms with Crippen LogP contribution in [0.5, 0.6) is 0 Å². The Morgan fingerprint density at radius 3 is 2.88 bits per heavy atom. The average Bonchev–Trinajstić information content (AvgIpc) is 2.20. The first kappa shape index (κ1) is 13.3. The minimum absolute atomic E-state index is 0.0567. The summed E-state index contributed by atoms with van der Waals surface area (Å²) in [7, 11) is 3.96. The van der Waals surface area contributed by atoms with Crippen LogP contribution in [0, 0.1) is 0 Å². The topological polar surface area (TPSA) is 60.9 Å². The van der Waals surface area contributed by atoms with E-state index in [0.717, 1.165) is 13.0 Å². The van der Waals surface area contributed by atoms with E-state index in [0.29, 0.717) is 18.8 Å². The van der Waals surface area contributed by atoms with Crippen LogP contribution >= 0.6 is 11.8 Å². The van der Waals surface area contributed by atoms with E-state index in [2.05, 4.69) is 4.90 Å². The molecule has 1 rings (SSSR count). The van der Waals surface area contributed by atoms with E-state index >= 15 is 0 Å². The van der Waals surface area contributed by atoms with Crippen LogP contribution in [0.2, 0.25) is 0 Å². The van der Waals surface area contributed by atoms with Gasteiger partial charge in [0.25, 0.3) is 0 Å². The highest BCUT2D eigenvalue weighted by molar-refractivity contribution is 8.01. The first-order valence-corrected chi connectivity index (χ1v) is 6.32. The third kappa shape index (κ3) is 4.02. The molecule has 0 radical (unpaired) electrons. The van der Waals surface area contributed by atoms with Crippen molar-refractivity contribution in [2.75, 3.05) is 39.5 Å². The number of carboxylic acid groups (broad SMARTS) is 1. The molecular weight excluding hydrogens is 228 g/mol. The molecule has 0 aliphatic carbocycles. The van der Waals surface area contributed by atoms with Crippen LogP contribution in [0.4, 0.5) is 0 Å². The van der Waals surface area contributed by atoms with Crippen molar-refractivity contribution in [3.05, 3.63) is 0 Å². The largest absolute Gasteiger partial charge is 0.480 e. The van der Waals surface area contributed by atoms with Crippen molar-refractivity contribution >= 4 is 23.6 Å². The molecule has 1 heterocycles. The maximum atomic E-state index is 11.5. The molecule has 0 saturated carbocycles. The van der Waals surface area contributed by atoms with Gasteiger partial charge in [-0.15, -0.1) is 11.8 Å². The average molecular weight is 246 g/mol. The van der Waals surface area contributed by atoms with Crippen molar-refractivity contribution in [1.82, 2.24) is 9.80 Å². The van der Waals surface area contributed by atoms with Crippen LogP contribution in [0.15, 0.2) is 0 Å². The van der Waals surface area contributed by atoms with Crippen molar-refractivity contribution in [2.45, 2.75) is 11.7 Å². The van der Waals surface area contributed by atoms with E-state index in [1.165, 1.54) is 11.8 Å². The number of nitrogens with zero attached hydrogens (tertiary/aromatic N) is 2. The summed E-state index contributed by atoms with van der Waals surface area (Å²) >= 11 is 1.22. The lowest BCUT2D eigenvalue weighted by Crippen LogP contribution is -2.45. The second kappa shape index (κ2) is 6.10. The smallest absolute Gasteiger partial charge is 0.318 e. The quantitative estimate of drug-likeness (QED) is 0.738. The van der Waals surface area contributed by atoms with Crippen LogP contribution < -0.4 is 0 Å². The van der Waals surface area contributed by atoms with Crippen LogP contribution in [-0.4, -0.2) is 71.5 Å². The molecule has 1 unspecified atom stereocenters. The summed E-state index contributed by atoms with van der Waals surface area (Å²) in [5, 5.41) is 8.43. The Kier molecular flexibility index (Phi) is 5.08. The fourth-order valence-electron chi connectivity index (χ4n) is 1.56. The number of rotatable bonds is 5. The highest BCUT2D eigenvalue weighted by atomic mass is 32.2. The minimum Gasteiger partial charge on any atom is -0.480 e. The standard InChI is InChI=1S/C10H18N2O3S/c1-11(2)4-3-5-12-6-8(10(14)15)16-7-9(12)13/h8H,3-7H2,1-2H3,(H,14,15). The summed E-state index contributed by atoms with van der Waals surface area (Å²) in [6.45, 7) is 1.91. The van der Waals surface area contributed by atoms with Crippen molar-refractivity contribution in [3.63, 3.8) is 0 Å². The molecule has 5 nitrogen and oxygen atoms in total. The van der Waals surface area contributed by atoms with Gasteiger partial charge < -0.3 is 14.9 Å². The first-order valence-electron chi connectivity index (χ1n) is 5.27. The van der Waals surface area contributed by atoms with E-state index in [-0.39, 0.29) is 5.91 Å². The molecule has 1 aliphatic heterocycles. The van der Waals surface area contributed by atoms with Crippen molar-refractivity contribution in [3.8, 4) is 0 Å². The van der Waals surface area contributed by atoms with Crippen LogP contribution in [0.3, 0.4) is 0 Å². The van der Waals surface area contributed by atoms with Gasteiger partial charge in [0.15, 0.2) is 0 Å². The van der Waals surface area contributed by atoms with E-state index in [4.69, 9.17) is 5.11 Å². The van der Waals surface area contributed by atoms with Gasteiger partial charge in [0, 0.05) is 13.1 Å². The summed E-state index contributed by atoms with van der Waals surface area (Å²) in [6.07, 6.45) is 0.885. The number of carbonyl (C=O) groups excluding carboxylic acids is 1. The molecular formula is C10H18N2O3S. The Labute approximate surface area is 99.8 Å². The zero-order valence-corrected chi connectivity index (χ0v) is 10.5. The third-order valence-corrected chi connectivity index (χ3v) is 3.62. The Hall–Kier alpha value is -0.750. The van der Waals surface area contributed by atoms with E-state index < -0.39 is 11.2 Å². The van der Waals surface area contributed by atoms with E-state index in [1.807, 2.05) is 14.1 Å². The van der Waals surface area contributed by atoms with Crippen molar-refractivity contribution < 1.29 is 14.7 Å². The number of thioether (sulfide) groups is 1. The van der Waals surface area contributed by atoms with Gasteiger partial charge in [-0.05, 0) is 27.1 Å². The van der Waals surface area contributed by atoms with Gasteiger partial charge in [-0.2, -0.15) is 0 Å². The number of hydrogen-bond donors (Lipinski definition) is 1. The molecule has 16 heavy (non-hydrogen) atoms. The highest BCUT2D eigenvalue weighted by Crippen LogP contribution is 2.19. The van der Waals surface area contributed by atoms with Gasteiger partial charge in [-0.3, -0.25) is 9.59 Å². The lowest BCUT2D eigenvalue weighted by Gasteiger charge is -2.30. The summed E-state index contributed by atoms with van der Waals surface area (Å²) in [4.78, 5) is 26.1. The molecule has 0 aromatic rings. The highest BCUT2D eigenvalue weighted by Gasteiger charge is 2.30. The predicted molar refractivity (Wildman–Crippen MR) is 63.6 cm³/mol. The maximum Gasteiger partial charge on any atom is 0.318 e. The molecule has 0 aromatic carbocycles. The zero-order valence-electron chi connectivity index (χ0n) is 9.68. The summed E-state index contributed by atoms with van der Waals surface area (Å²) in [5.74, 6) is -0.477. The summed E-state index contributed by atoms with van der Waals surface area (Å²) in [5.41, 5.74) is 0. The van der Waals surface area contributed by atoms with Gasteiger partial charge in [0.2, 0.25) is 5.91 Å². The Morgan fingerprint density at radius 1 is 1.62 bits per heavy atom. The molecule has 0 spiro atoms. The Balaban J connectivity index is 2.38. The minimum atomic E-state index is -0.824. The van der Waals surface area contributed by atoms with Gasteiger partial charge in [0.05, 0.1) is 5.75 Å². The molecule has 1 fully saturated rings. The molecule has 92 valence electrons. The Morgan fingerprint density at radius 2 is 2.31 bits per heavy atom. The van der Waals surface area contributed by atoms with Gasteiger partial charge in [0.1, 0.15) is 5.25 Å². The lowest BCUT2D eigenvalue weighted by molar-refractivity contribution is -0.138. The molecule has 1 N–H and O–H groups in total. The van der Waals surface area contributed by atoms with E-state index in [1.54, 1.807) is 4.90 Å². The lowest BCUT2D eigenvalue weighted by atomic mass is 10.3. The molecule has 1 aliphatic rings. The molecule has 6 heteroatoms. The SMILES string of the molecule is CN(C)CCCN1CC(C(=O)O)SCC1=O. The van der Waals surface area contributed by atoms with Crippen molar-refractivity contribution in [2.24, 2.45) is 0 Å². The molecule has 1 atom stereocenters. The third-order valence-electron chi connectivity index (χ3n) is 2.46. The monoisotopic (exact) mass is 246 g/mol. The fraction of sp³-hybridized carbons (Fsp3) is 0.800. The van der Waals surface area contributed by atoms with Crippen LogP contribution in [0.25, 0.3) is 0 Å². The molecule has 0 bridgehead atoms. The number of carbonyl (C=O) groups is 2. The second-order valence-corrected chi connectivity index (χ2v) is 5.33. The summed E-state index contributed by atoms with van der Waals surface area (Å²) in [6, 6.07) is 0. The van der Waals surface area contributed by atoms with Crippen LogP contribution in [-0.2, 0) is 9.59 Å². The number of hydrogen-bond acceptors (Lipinski definition) is 4. The molecule has 0 aromatic heterocycles. The normalized spacial score (nSPS) is 21.6. The first-order chi connectivity index (χ1) is 7.50. The van der Waals surface area contributed by atoms with Crippen molar-refractivity contribution in [1.29, 1.82) is 0 Å². The Bertz CT molecular complexity index is 271. The predicted octanol–water partition coefficient (Wildman–Crippen LogP) is -0.0333. The molecule has 1 amide bonds. The number of aliphatic carboxylic acids is 1. The number of carboxylic acids is 1. The van der Waals surface area contributed by atoms with Gasteiger partial charge in [-0.25, -0.2) is 0 Å². The van der Waals surface area contributed by atoms with Gasteiger partial charge in [-0.1, -0.05) is 0 Å². The van der Waals surface area contributed by atoms with Crippen LogP contribution in [0.1, 0.15) is 6.42 Å². The fourth-order valence-corrected chi connectivity index (χ4v) is 2.52. The summed E-state index contributed by atoms with van der Waals surface area (Å²) < 4.78 is 0.